The molecule has 6 heteroatoms. The van der Waals surface area contributed by atoms with Gasteiger partial charge in [0, 0.05) is 12.8 Å². The van der Waals surface area contributed by atoms with Crippen molar-refractivity contribution in [2.24, 2.45) is 0 Å². The number of nitrogens with one attached hydrogen (secondary N) is 1. The number of aliphatic hydroxyl groups excluding tert-OH is 2. The first-order valence-electron chi connectivity index (χ1n) is 35.1. The number of hydrogen-bond acceptors (Lipinski definition) is 5. The number of unbranched alkanes of at least 4 members (excludes halogenated alkanes) is 53. The molecule has 0 aliphatic heterocycles. The molecule has 0 aromatic heterocycles. The average Bonchev–Trinajstić information content (AvgIpc) is 3.43. The third-order valence-corrected chi connectivity index (χ3v) is 16.5. The molecule has 0 aromatic rings. The van der Waals surface area contributed by atoms with Crippen molar-refractivity contribution in [1.29, 1.82) is 0 Å². The van der Waals surface area contributed by atoms with Crippen LogP contribution in [0.25, 0.3) is 0 Å². The Kier molecular flexibility index (Phi) is 65.4. The van der Waals surface area contributed by atoms with E-state index in [2.05, 4.69) is 31.3 Å². The lowest BCUT2D eigenvalue weighted by molar-refractivity contribution is -0.143. The fourth-order valence-corrected chi connectivity index (χ4v) is 11.1. The molecule has 0 aromatic carbocycles. The number of amides is 1. The smallest absolute Gasteiger partial charge is 0.305 e. The van der Waals surface area contributed by atoms with E-state index in [1.54, 1.807) is 6.08 Å². The highest BCUT2D eigenvalue weighted by atomic mass is 16.5. The molecule has 0 fully saturated rings. The van der Waals surface area contributed by atoms with Crippen LogP contribution in [-0.2, 0) is 14.3 Å². The summed E-state index contributed by atoms with van der Waals surface area (Å²) in [5, 5.41) is 23.2. The minimum absolute atomic E-state index is 0.0186. The van der Waals surface area contributed by atoms with Crippen molar-refractivity contribution in [2.45, 2.75) is 405 Å². The Morgan fingerprint density at radius 1 is 0.351 bits per heavy atom. The quantitative estimate of drug-likeness (QED) is 0.0320. The number of allylic oxidation sites excluding steroid dienone is 3. The highest BCUT2D eigenvalue weighted by Crippen LogP contribution is 2.18. The third kappa shape index (κ3) is 63.4. The van der Waals surface area contributed by atoms with Crippen molar-refractivity contribution in [3.8, 4) is 0 Å². The summed E-state index contributed by atoms with van der Waals surface area (Å²) in [6.45, 7) is 4.94. The molecule has 1 amide bonds. The predicted octanol–water partition coefficient (Wildman–Crippen LogP) is 22.5. The van der Waals surface area contributed by atoms with E-state index in [0.29, 0.717) is 19.4 Å². The van der Waals surface area contributed by atoms with Crippen molar-refractivity contribution >= 4 is 11.9 Å². The number of hydrogen-bond donors (Lipinski definition) is 3. The van der Waals surface area contributed by atoms with Crippen molar-refractivity contribution in [2.75, 3.05) is 13.2 Å². The van der Waals surface area contributed by atoms with Crippen LogP contribution in [0.3, 0.4) is 0 Å². The van der Waals surface area contributed by atoms with E-state index in [1.807, 2.05) is 6.08 Å². The highest BCUT2D eigenvalue weighted by molar-refractivity contribution is 5.76. The molecular formula is C71H137NO5. The van der Waals surface area contributed by atoms with E-state index in [9.17, 15) is 19.8 Å². The molecule has 456 valence electrons. The molecule has 0 heterocycles. The zero-order chi connectivity index (χ0) is 55.7. The van der Waals surface area contributed by atoms with E-state index in [0.717, 1.165) is 38.5 Å². The van der Waals surface area contributed by atoms with Gasteiger partial charge in [-0.3, -0.25) is 9.59 Å². The molecule has 0 saturated heterocycles. The number of carbonyl (C=O) groups is 2. The maximum Gasteiger partial charge on any atom is 0.305 e. The standard InChI is InChI=1S/C71H137NO5/c1-3-5-7-9-11-13-15-17-19-31-35-39-43-47-51-55-59-63-69(74)68(67-73)72-70(75)64-60-56-52-48-44-40-36-33-29-27-25-23-21-22-24-26-28-30-34-38-42-46-50-54-58-62-66-77-71(76)65-61-57-53-49-45-41-37-32-20-18-16-14-12-10-8-6-4-2/h21,23,59,63,68-69,73-74H,3-20,22,24-58,60-62,64-67H2,1-2H3,(H,72,75)/b23-21-,63-59+. The Morgan fingerprint density at radius 2 is 0.610 bits per heavy atom. The van der Waals surface area contributed by atoms with Gasteiger partial charge in [0.2, 0.25) is 5.91 Å². The Balaban J connectivity index is 3.39. The van der Waals surface area contributed by atoms with Crippen molar-refractivity contribution in [1.82, 2.24) is 5.32 Å². The summed E-state index contributed by atoms with van der Waals surface area (Å²) in [6, 6.07) is -0.629. The van der Waals surface area contributed by atoms with E-state index < -0.39 is 12.1 Å². The monoisotopic (exact) mass is 1080 g/mol. The van der Waals surface area contributed by atoms with Crippen LogP contribution in [0.1, 0.15) is 393 Å². The predicted molar refractivity (Wildman–Crippen MR) is 338 cm³/mol. The van der Waals surface area contributed by atoms with E-state index in [4.69, 9.17) is 4.74 Å². The van der Waals surface area contributed by atoms with Crippen LogP contribution in [-0.4, -0.2) is 47.4 Å². The molecule has 0 saturated carbocycles. The highest BCUT2D eigenvalue weighted by Gasteiger charge is 2.18. The van der Waals surface area contributed by atoms with Crippen LogP contribution in [0.5, 0.6) is 0 Å². The summed E-state index contributed by atoms with van der Waals surface area (Å²) in [4.78, 5) is 24.6. The van der Waals surface area contributed by atoms with Gasteiger partial charge in [-0.2, -0.15) is 0 Å². The second kappa shape index (κ2) is 66.8. The maximum atomic E-state index is 12.5. The number of carbonyl (C=O) groups excluding carboxylic acids is 2. The summed E-state index contributed by atoms with van der Waals surface area (Å²) in [5.74, 6) is -0.0482. The van der Waals surface area contributed by atoms with Crippen LogP contribution in [0.15, 0.2) is 24.3 Å². The third-order valence-electron chi connectivity index (χ3n) is 16.5. The van der Waals surface area contributed by atoms with Gasteiger partial charge in [-0.05, 0) is 57.8 Å². The lowest BCUT2D eigenvalue weighted by Crippen LogP contribution is -2.45. The van der Waals surface area contributed by atoms with Gasteiger partial charge in [-0.15, -0.1) is 0 Å². The Labute approximate surface area is 481 Å². The largest absolute Gasteiger partial charge is 0.466 e. The first kappa shape index (κ1) is 75.3. The zero-order valence-corrected chi connectivity index (χ0v) is 52.2. The second-order valence-corrected chi connectivity index (χ2v) is 24.2. The number of aliphatic hydroxyl groups is 2. The summed E-state index contributed by atoms with van der Waals surface area (Å²) < 4.78 is 5.51. The molecule has 0 aliphatic rings. The molecule has 3 N–H and O–H groups in total. The first-order chi connectivity index (χ1) is 38.0. The van der Waals surface area contributed by atoms with Gasteiger partial charge in [-0.25, -0.2) is 0 Å². The Hall–Kier alpha value is -1.66. The average molecular weight is 1080 g/mol. The maximum absolute atomic E-state index is 12.5. The molecule has 0 radical (unpaired) electrons. The molecule has 0 aliphatic carbocycles. The van der Waals surface area contributed by atoms with Gasteiger partial charge in [0.15, 0.2) is 0 Å². The topological polar surface area (TPSA) is 95.9 Å². The van der Waals surface area contributed by atoms with Crippen molar-refractivity contribution in [3.63, 3.8) is 0 Å². The van der Waals surface area contributed by atoms with Crippen molar-refractivity contribution < 1.29 is 24.5 Å². The molecule has 0 bridgehead atoms. The fourth-order valence-electron chi connectivity index (χ4n) is 11.1. The van der Waals surface area contributed by atoms with Crippen LogP contribution in [0.2, 0.25) is 0 Å². The van der Waals surface area contributed by atoms with E-state index in [-0.39, 0.29) is 18.5 Å². The molecule has 77 heavy (non-hydrogen) atoms. The summed E-state index contributed by atoms with van der Waals surface area (Å²) in [7, 11) is 0. The minimum atomic E-state index is -0.846. The van der Waals surface area contributed by atoms with Crippen LogP contribution in [0.4, 0.5) is 0 Å². The van der Waals surface area contributed by atoms with Gasteiger partial charge in [0.25, 0.3) is 0 Å². The van der Waals surface area contributed by atoms with Gasteiger partial charge in [-0.1, -0.05) is 346 Å². The minimum Gasteiger partial charge on any atom is -0.466 e. The molecule has 2 unspecified atom stereocenters. The SMILES string of the molecule is CCCCCCCCCCCCCCCCC/C=C/C(O)C(CO)NC(=O)CCCCCCCCCCCC/C=C\CCCCCCCCCCCCCCOC(=O)CCCCCCCCCCCCCCCCCCC. The number of esters is 1. The lowest BCUT2D eigenvalue weighted by Gasteiger charge is -2.20. The second-order valence-electron chi connectivity index (χ2n) is 24.2. The van der Waals surface area contributed by atoms with E-state index >= 15 is 0 Å². The van der Waals surface area contributed by atoms with Crippen LogP contribution < -0.4 is 5.32 Å². The summed E-state index contributed by atoms with van der Waals surface area (Å²) in [5.41, 5.74) is 0. The van der Waals surface area contributed by atoms with Gasteiger partial charge in [0.1, 0.15) is 0 Å². The van der Waals surface area contributed by atoms with Crippen LogP contribution in [0, 0.1) is 0 Å². The zero-order valence-electron chi connectivity index (χ0n) is 52.2. The summed E-state index contributed by atoms with van der Waals surface area (Å²) >= 11 is 0. The van der Waals surface area contributed by atoms with E-state index in [1.165, 1.54) is 327 Å². The summed E-state index contributed by atoms with van der Waals surface area (Å²) in [6.07, 6.45) is 83.9. The molecule has 6 nitrogen and oxygen atoms in total. The van der Waals surface area contributed by atoms with Gasteiger partial charge in [0.05, 0.1) is 25.4 Å². The molecule has 2 atom stereocenters. The number of ether oxygens (including phenoxy) is 1. The Morgan fingerprint density at radius 3 is 0.922 bits per heavy atom. The Bertz CT molecular complexity index is 1200. The molecule has 0 rings (SSSR count). The molecule has 0 spiro atoms. The van der Waals surface area contributed by atoms with Crippen LogP contribution >= 0.6 is 0 Å². The van der Waals surface area contributed by atoms with Gasteiger partial charge < -0.3 is 20.3 Å². The lowest BCUT2D eigenvalue weighted by atomic mass is 10.0. The normalized spacial score (nSPS) is 12.6. The molecular weight excluding hydrogens is 947 g/mol. The van der Waals surface area contributed by atoms with Crippen molar-refractivity contribution in [3.05, 3.63) is 24.3 Å². The first-order valence-corrected chi connectivity index (χ1v) is 35.1. The van der Waals surface area contributed by atoms with Gasteiger partial charge >= 0.3 is 5.97 Å². The fraction of sp³-hybridized carbons (Fsp3) is 0.915. The number of rotatable bonds is 66.